The van der Waals surface area contributed by atoms with E-state index in [1.54, 1.807) is 0 Å². The molecule has 1 saturated heterocycles. The molecule has 0 bridgehead atoms. The molecule has 0 aromatic carbocycles. The van der Waals surface area contributed by atoms with Crippen LogP contribution in [-0.4, -0.2) is 25.8 Å². The fourth-order valence-electron chi connectivity index (χ4n) is 10.8. The summed E-state index contributed by atoms with van der Waals surface area (Å²) in [6.45, 7) is 20.4. The maximum atomic E-state index is 5.94. The highest BCUT2D eigenvalue weighted by Crippen LogP contribution is 2.74. The number of rotatable bonds is 2. The second kappa shape index (κ2) is 7.58. The monoisotopic (exact) mass is 455 g/mol. The van der Waals surface area contributed by atoms with E-state index >= 15 is 0 Å². The first-order valence-electron chi connectivity index (χ1n) is 14.3. The fourth-order valence-corrected chi connectivity index (χ4v) is 10.8. The molecule has 188 valence electrons. The second-order valence-corrected chi connectivity index (χ2v) is 15.3. The van der Waals surface area contributed by atoms with Crippen LogP contribution in [0.4, 0.5) is 0 Å². The average molecular weight is 456 g/mol. The van der Waals surface area contributed by atoms with E-state index in [1.165, 1.54) is 70.8 Å². The summed E-state index contributed by atoms with van der Waals surface area (Å²) < 4.78 is 5.94. The summed E-state index contributed by atoms with van der Waals surface area (Å²) in [5.74, 6) is 2.31. The molecule has 1 N–H and O–H groups in total. The Kier molecular flexibility index (Phi) is 5.60. The van der Waals surface area contributed by atoms with Crippen molar-refractivity contribution in [1.29, 1.82) is 0 Å². The van der Waals surface area contributed by atoms with E-state index < -0.39 is 0 Å². The van der Waals surface area contributed by atoms with Gasteiger partial charge in [0.15, 0.2) is 0 Å². The Morgan fingerprint density at radius 2 is 1.64 bits per heavy atom. The molecular formula is C31H53NO. The van der Waals surface area contributed by atoms with Crippen molar-refractivity contribution >= 4 is 0 Å². The Labute approximate surface area is 205 Å². The van der Waals surface area contributed by atoms with Gasteiger partial charge in [-0.15, -0.1) is 0 Å². The maximum absolute atomic E-state index is 5.94. The number of ether oxygens (including phenoxy) is 1. The molecule has 4 fully saturated rings. The van der Waals surface area contributed by atoms with Gasteiger partial charge in [-0.3, -0.25) is 0 Å². The topological polar surface area (TPSA) is 21.3 Å². The zero-order chi connectivity index (χ0) is 23.9. The fraction of sp³-hybridized carbons (Fsp3) is 0.935. The van der Waals surface area contributed by atoms with E-state index in [-0.39, 0.29) is 5.54 Å². The first-order chi connectivity index (χ1) is 15.3. The molecule has 5 aliphatic rings. The van der Waals surface area contributed by atoms with E-state index in [0.717, 1.165) is 24.4 Å². The summed E-state index contributed by atoms with van der Waals surface area (Å²) in [6, 6.07) is 0. The van der Waals surface area contributed by atoms with Crippen molar-refractivity contribution in [1.82, 2.24) is 5.32 Å². The highest BCUT2D eigenvalue weighted by molar-refractivity contribution is 5.33. The molecule has 0 unspecified atom stereocenters. The van der Waals surface area contributed by atoms with Gasteiger partial charge in [-0.2, -0.15) is 0 Å². The van der Waals surface area contributed by atoms with Crippen molar-refractivity contribution in [2.24, 2.45) is 44.8 Å². The Balaban J connectivity index is 1.58. The van der Waals surface area contributed by atoms with Gasteiger partial charge >= 0.3 is 0 Å². The molecule has 2 nitrogen and oxygen atoms in total. The van der Waals surface area contributed by atoms with Crippen molar-refractivity contribution in [3.05, 3.63) is 11.6 Å². The van der Waals surface area contributed by atoms with Crippen LogP contribution >= 0.6 is 0 Å². The zero-order valence-corrected chi connectivity index (χ0v) is 23.2. The van der Waals surface area contributed by atoms with Crippen LogP contribution in [0.1, 0.15) is 113 Å². The molecule has 0 radical (unpaired) electrons. The van der Waals surface area contributed by atoms with Crippen LogP contribution < -0.4 is 5.32 Å². The minimum atomic E-state index is 0.255. The smallest absolute Gasteiger partial charge is 0.0524 e. The number of methoxy groups -OCH3 is 1. The van der Waals surface area contributed by atoms with E-state index in [9.17, 15) is 0 Å². The van der Waals surface area contributed by atoms with Crippen LogP contribution in [0.2, 0.25) is 0 Å². The van der Waals surface area contributed by atoms with Gasteiger partial charge in [-0.05, 0) is 124 Å². The standard InChI is InChI=1S/C31H53NO/c1-26(2)15-17-31(21-33-8)18-16-29(6)22(23(31)20-26)10-11-25-28(5)13-9-19-32-27(3,4)24(28)12-14-30(25,29)7/h10,23-25,32H,9,11-21H2,1-8H3/t23-,24-,25+,28-,29+,30+,31+/m0/s1. The normalized spacial score (nSPS) is 50.7. The lowest BCUT2D eigenvalue weighted by Gasteiger charge is -2.70. The van der Waals surface area contributed by atoms with Crippen LogP contribution in [0.15, 0.2) is 11.6 Å². The Bertz CT molecular complexity index is 812. The quantitative estimate of drug-likeness (QED) is 0.429. The summed E-state index contributed by atoms with van der Waals surface area (Å²) in [6.07, 6.45) is 16.5. The molecule has 1 aliphatic heterocycles. The summed E-state index contributed by atoms with van der Waals surface area (Å²) >= 11 is 0. The third-order valence-electron chi connectivity index (χ3n) is 12.9. The molecule has 1 heterocycles. The van der Waals surface area contributed by atoms with Crippen molar-refractivity contribution < 1.29 is 4.74 Å². The summed E-state index contributed by atoms with van der Waals surface area (Å²) in [5, 5.41) is 3.96. The minimum Gasteiger partial charge on any atom is -0.384 e. The molecule has 7 atom stereocenters. The Morgan fingerprint density at radius 1 is 0.909 bits per heavy atom. The molecule has 3 saturated carbocycles. The first kappa shape index (κ1) is 24.4. The Hall–Kier alpha value is -0.340. The van der Waals surface area contributed by atoms with Gasteiger partial charge in [-0.1, -0.05) is 46.3 Å². The van der Waals surface area contributed by atoms with Gasteiger partial charge < -0.3 is 10.1 Å². The first-order valence-corrected chi connectivity index (χ1v) is 14.3. The van der Waals surface area contributed by atoms with E-state index in [2.05, 4.69) is 59.9 Å². The highest BCUT2D eigenvalue weighted by Gasteiger charge is 2.67. The lowest BCUT2D eigenvalue weighted by Crippen LogP contribution is -2.64. The SMILES string of the molecule is COC[C@]12CCC(C)(C)C[C@H]1C1=CC[C@@H]3[C@@]4(C)CCCNC(C)(C)[C@@H]4CC[C@@]3(C)[C@]1(C)CC2. The van der Waals surface area contributed by atoms with E-state index in [4.69, 9.17) is 4.74 Å². The van der Waals surface area contributed by atoms with Crippen molar-refractivity contribution in [3.8, 4) is 0 Å². The molecule has 4 aliphatic carbocycles. The van der Waals surface area contributed by atoms with Crippen LogP contribution in [0.25, 0.3) is 0 Å². The summed E-state index contributed by atoms with van der Waals surface area (Å²) in [7, 11) is 1.94. The van der Waals surface area contributed by atoms with Crippen LogP contribution in [0, 0.1) is 44.8 Å². The summed E-state index contributed by atoms with van der Waals surface area (Å²) in [5.41, 5.74) is 4.17. The second-order valence-electron chi connectivity index (χ2n) is 15.3. The zero-order valence-electron chi connectivity index (χ0n) is 23.2. The van der Waals surface area contributed by atoms with Crippen LogP contribution in [-0.2, 0) is 4.74 Å². The van der Waals surface area contributed by atoms with Crippen molar-refractivity contribution in [2.75, 3.05) is 20.3 Å². The predicted molar refractivity (Wildman–Crippen MR) is 139 cm³/mol. The third kappa shape index (κ3) is 3.32. The molecule has 0 spiro atoms. The highest BCUT2D eigenvalue weighted by atomic mass is 16.5. The molecule has 0 aromatic rings. The Morgan fingerprint density at radius 3 is 2.36 bits per heavy atom. The van der Waals surface area contributed by atoms with Gasteiger partial charge in [-0.25, -0.2) is 0 Å². The molecule has 2 heteroatoms. The van der Waals surface area contributed by atoms with Gasteiger partial charge in [0.1, 0.15) is 0 Å². The number of fused-ring (bicyclic) bond motifs is 7. The van der Waals surface area contributed by atoms with Gasteiger partial charge in [0, 0.05) is 18.1 Å². The van der Waals surface area contributed by atoms with Crippen LogP contribution in [0.5, 0.6) is 0 Å². The number of nitrogens with one attached hydrogen (secondary N) is 1. The average Bonchev–Trinajstić information content (AvgIpc) is 2.84. The molecule has 0 amide bonds. The van der Waals surface area contributed by atoms with Crippen molar-refractivity contribution in [3.63, 3.8) is 0 Å². The lowest BCUT2D eigenvalue weighted by molar-refractivity contribution is -0.162. The summed E-state index contributed by atoms with van der Waals surface area (Å²) in [4.78, 5) is 0. The van der Waals surface area contributed by atoms with Gasteiger partial charge in [0.05, 0.1) is 6.61 Å². The van der Waals surface area contributed by atoms with Gasteiger partial charge in [0.2, 0.25) is 0 Å². The lowest BCUT2D eigenvalue weighted by atomic mass is 9.35. The largest absolute Gasteiger partial charge is 0.384 e. The van der Waals surface area contributed by atoms with Gasteiger partial charge in [0.25, 0.3) is 0 Å². The van der Waals surface area contributed by atoms with Crippen molar-refractivity contribution in [2.45, 2.75) is 118 Å². The third-order valence-corrected chi connectivity index (χ3v) is 12.9. The molecule has 33 heavy (non-hydrogen) atoms. The minimum absolute atomic E-state index is 0.255. The molecule has 0 aromatic heterocycles. The van der Waals surface area contributed by atoms with E-state index in [0.29, 0.717) is 27.1 Å². The number of hydrogen-bond acceptors (Lipinski definition) is 2. The van der Waals surface area contributed by atoms with E-state index in [1.807, 2.05) is 12.7 Å². The maximum Gasteiger partial charge on any atom is 0.0524 e. The van der Waals surface area contributed by atoms with Crippen LogP contribution in [0.3, 0.4) is 0 Å². The number of allylic oxidation sites excluding steroid dienone is 2. The molecule has 5 rings (SSSR count). The predicted octanol–water partition coefficient (Wildman–Crippen LogP) is 7.78. The molecular weight excluding hydrogens is 402 g/mol. The number of hydrogen-bond donors (Lipinski definition) is 1.